The van der Waals surface area contributed by atoms with E-state index in [4.69, 9.17) is 9.47 Å². The van der Waals surface area contributed by atoms with Gasteiger partial charge in [-0.05, 0) is 37.3 Å². The van der Waals surface area contributed by atoms with Gasteiger partial charge in [-0.15, -0.1) is 11.3 Å². The highest BCUT2D eigenvalue weighted by molar-refractivity contribution is 8.00. The summed E-state index contributed by atoms with van der Waals surface area (Å²) in [5.74, 6) is 1.01. The highest BCUT2D eigenvalue weighted by Gasteiger charge is 2.20. The number of carbonyl (C=O) groups excluding carboxylic acids is 1. The van der Waals surface area contributed by atoms with Crippen LogP contribution in [0, 0.1) is 11.3 Å². The Kier molecular flexibility index (Phi) is 7.65. The Labute approximate surface area is 211 Å². The summed E-state index contributed by atoms with van der Waals surface area (Å²) in [6.45, 7) is 1.78. The normalized spacial score (nSPS) is 11.4. The van der Waals surface area contributed by atoms with Crippen molar-refractivity contribution in [2.45, 2.75) is 17.2 Å². The second-order valence-corrected chi connectivity index (χ2v) is 9.57. The second-order valence-electron chi connectivity index (χ2n) is 7.38. The molecule has 9 heteroatoms. The summed E-state index contributed by atoms with van der Waals surface area (Å²) in [5.41, 5.74) is 3.69. The number of ether oxygens (including phenoxy) is 2. The van der Waals surface area contributed by atoms with E-state index in [1.165, 1.54) is 23.1 Å². The number of carbonyl (C=O) groups is 1. The minimum atomic E-state index is -0.492. The van der Waals surface area contributed by atoms with Crippen molar-refractivity contribution in [2.75, 3.05) is 19.5 Å². The molecule has 0 bridgehead atoms. The van der Waals surface area contributed by atoms with Crippen LogP contribution in [0.2, 0.25) is 0 Å². The molecule has 176 valence electrons. The first-order valence-corrected chi connectivity index (χ1v) is 12.4. The van der Waals surface area contributed by atoms with E-state index in [9.17, 15) is 10.1 Å². The van der Waals surface area contributed by atoms with Gasteiger partial charge in [0.2, 0.25) is 5.91 Å². The van der Waals surface area contributed by atoms with Gasteiger partial charge < -0.3 is 14.8 Å². The first-order chi connectivity index (χ1) is 17.0. The maximum atomic E-state index is 12.9. The standard InChI is InChI=1S/C26H22N4O3S2/c1-16(35-25-19(14-27)9-11-20(28-25)17-7-5-4-6-8-17)24(31)30-26-29-21(15-34-26)18-10-12-22(32-2)23(13-18)33-3/h4-13,15-16H,1-3H3,(H,29,30,31). The summed E-state index contributed by atoms with van der Waals surface area (Å²) < 4.78 is 10.6. The molecule has 0 fully saturated rings. The van der Waals surface area contributed by atoms with Crippen LogP contribution in [-0.4, -0.2) is 35.3 Å². The molecule has 0 aliphatic carbocycles. The van der Waals surface area contributed by atoms with E-state index in [1.54, 1.807) is 27.2 Å². The Morgan fingerprint density at radius 2 is 1.77 bits per heavy atom. The Hall–Kier alpha value is -3.87. The van der Waals surface area contributed by atoms with Gasteiger partial charge in [0.1, 0.15) is 11.1 Å². The monoisotopic (exact) mass is 502 g/mol. The fraction of sp³-hybridized carbons (Fsp3) is 0.154. The third-order valence-corrected chi connectivity index (χ3v) is 6.98. The Balaban J connectivity index is 1.47. The van der Waals surface area contributed by atoms with Crippen molar-refractivity contribution in [3.63, 3.8) is 0 Å². The Morgan fingerprint density at radius 3 is 2.49 bits per heavy atom. The molecular weight excluding hydrogens is 480 g/mol. The number of hydrogen-bond acceptors (Lipinski definition) is 8. The van der Waals surface area contributed by atoms with Crippen LogP contribution >= 0.6 is 23.1 Å². The van der Waals surface area contributed by atoms with Crippen molar-refractivity contribution in [2.24, 2.45) is 0 Å². The number of methoxy groups -OCH3 is 2. The zero-order valence-electron chi connectivity index (χ0n) is 19.3. The van der Waals surface area contributed by atoms with Crippen LogP contribution in [-0.2, 0) is 4.79 Å². The van der Waals surface area contributed by atoms with Gasteiger partial charge >= 0.3 is 0 Å². The molecule has 1 atom stereocenters. The summed E-state index contributed by atoms with van der Waals surface area (Å²) in [7, 11) is 3.16. The summed E-state index contributed by atoms with van der Waals surface area (Å²) in [6, 6.07) is 21.0. The lowest BCUT2D eigenvalue weighted by Gasteiger charge is -2.12. The quantitative estimate of drug-likeness (QED) is 0.301. The fourth-order valence-electron chi connectivity index (χ4n) is 3.27. The van der Waals surface area contributed by atoms with E-state index in [1.807, 2.05) is 60.0 Å². The van der Waals surface area contributed by atoms with Crippen LogP contribution < -0.4 is 14.8 Å². The number of thioether (sulfide) groups is 1. The summed E-state index contributed by atoms with van der Waals surface area (Å²) in [5, 5.41) is 14.8. The molecule has 0 saturated heterocycles. The molecule has 35 heavy (non-hydrogen) atoms. The smallest absolute Gasteiger partial charge is 0.239 e. The molecule has 2 aromatic carbocycles. The number of aromatic nitrogens is 2. The number of hydrogen-bond donors (Lipinski definition) is 1. The van der Waals surface area contributed by atoms with E-state index in [-0.39, 0.29) is 5.91 Å². The Morgan fingerprint density at radius 1 is 1.00 bits per heavy atom. The SMILES string of the molecule is COc1ccc(-c2csc(NC(=O)C(C)Sc3nc(-c4ccccc4)ccc3C#N)n2)cc1OC. The lowest BCUT2D eigenvalue weighted by Crippen LogP contribution is -2.22. The number of nitrogens with one attached hydrogen (secondary N) is 1. The molecule has 0 aliphatic rings. The van der Waals surface area contributed by atoms with Gasteiger partial charge in [-0.1, -0.05) is 42.1 Å². The number of anilines is 1. The number of benzene rings is 2. The van der Waals surface area contributed by atoms with E-state index in [0.29, 0.717) is 27.2 Å². The minimum absolute atomic E-state index is 0.223. The number of pyridine rings is 1. The number of nitriles is 1. The molecule has 0 spiro atoms. The van der Waals surface area contributed by atoms with Crippen molar-refractivity contribution in [1.82, 2.24) is 9.97 Å². The topological polar surface area (TPSA) is 97.1 Å². The molecule has 4 aromatic rings. The first kappa shape index (κ1) is 24.3. The van der Waals surface area contributed by atoms with Crippen LogP contribution in [0.3, 0.4) is 0 Å². The van der Waals surface area contributed by atoms with Crippen molar-refractivity contribution < 1.29 is 14.3 Å². The van der Waals surface area contributed by atoms with Crippen molar-refractivity contribution >= 4 is 34.1 Å². The Bertz CT molecular complexity index is 1380. The molecule has 0 aliphatic heterocycles. The maximum Gasteiger partial charge on any atom is 0.239 e. The predicted octanol–water partition coefficient (Wildman–Crippen LogP) is 5.88. The van der Waals surface area contributed by atoms with E-state index >= 15 is 0 Å². The van der Waals surface area contributed by atoms with Crippen LogP contribution in [0.25, 0.3) is 22.5 Å². The molecule has 0 saturated carbocycles. The summed E-state index contributed by atoms with van der Waals surface area (Å²) in [6.07, 6.45) is 0. The lowest BCUT2D eigenvalue weighted by atomic mass is 10.1. The molecule has 1 unspecified atom stereocenters. The maximum absolute atomic E-state index is 12.9. The molecule has 7 nitrogen and oxygen atoms in total. The predicted molar refractivity (Wildman–Crippen MR) is 139 cm³/mol. The highest BCUT2D eigenvalue weighted by Crippen LogP contribution is 2.34. The number of amides is 1. The summed E-state index contributed by atoms with van der Waals surface area (Å²) in [4.78, 5) is 22.1. The number of thiazole rings is 1. The molecule has 4 rings (SSSR count). The van der Waals surface area contributed by atoms with E-state index in [0.717, 1.165) is 22.5 Å². The highest BCUT2D eigenvalue weighted by atomic mass is 32.2. The van der Waals surface area contributed by atoms with Gasteiger partial charge in [-0.2, -0.15) is 5.26 Å². The van der Waals surface area contributed by atoms with Crippen molar-refractivity contribution in [3.05, 3.63) is 71.6 Å². The fourth-order valence-corrected chi connectivity index (χ4v) is 4.89. The first-order valence-electron chi connectivity index (χ1n) is 10.6. The largest absolute Gasteiger partial charge is 0.493 e. The average Bonchev–Trinajstić information content (AvgIpc) is 3.37. The zero-order valence-corrected chi connectivity index (χ0v) is 20.9. The number of nitrogens with zero attached hydrogens (tertiary/aromatic N) is 3. The van der Waals surface area contributed by atoms with Crippen LogP contribution in [0.15, 0.2) is 71.1 Å². The molecular formula is C26H22N4O3S2. The molecule has 0 radical (unpaired) electrons. The van der Waals surface area contributed by atoms with Crippen LogP contribution in [0.4, 0.5) is 5.13 Å². The van der Waals surface area contributed by atoms with Crippen molar-refractivity contribution in [1.29, 1.82) is 5.26 Å². The summed E-state index contributed by atoms with van der Waals surface area (Å²) >= 11 is 2.58. The van der Waals surface area contributed by atoms with Gasteiger partial charge in [-0.3, -0.25) is 4.79 Å². The number of rotatable bonds is 8. The van der Waals surface area contributed by atoms with E-state index < -0.39 is 5.25 Å². The van der Waals surface area contributed by atoms with Crippen LogP contribution in [0.5, 0.6) is 11.5 Å². The molecule has 1 amide bonds. The van der Waals surface area contributed by atoms with Crippen molar-refractivity contribution in [3.8, 4) is 40.1 Å². The second kappa shape index (κ2) is 11.0. The minimum Gasteiger partial charge on any atom is -0.493 e. The molecule has 1 N–H and O–H groups in total. The van der Waals surface area contributed by atoms with Gasteiger partial charge in [-0.25, -0.2) is 9.97 Å². The van der Waals surface area contributed by atoms with Gasteiger partial charge in [0.25, 0.3) is 0 Å². The zero-order chi connectivity index (χ0) is 24.8. The van der Waals surface area contributed by atoms with Gasteiger partial charge in [0.05, 0.1) is 36.4 Å². The molecule has 2 heterocycles. The molecule has 2 aromatic heterocycles. The van der Waals surface area contributed by atoms with E-state index in [2.05, 4.69) is 21.4 Å². The van der Waals surface area contributed by atoms with Gasteiger partial charge in [0.15, 0.2) is 16.6 Å². The average molecular weight is 503 g/mol. The third kappa shape index (κ3) is 5.62. The van der Waals surface area contributed by atoms with Gasteiger partial charge in [0, 0.05) is 16.5 Å². The third-order valence-electron chi connectivity index (χ3n) is 5.12. The lowest BCUT2D eigenvalue weighted by molar-refractivity contribution is -0.115. The van der Waals surface area contributed by atoms with Crippen LogP contribution in [0.1, 0.15) is 12.5 Å².